The molecule has 2 fully saturated rings. The zero-order valence-corrected chi connectivity index (χ0v) is 41.3. The van der Waals surface area contributed by atoms with Crippen LogP contribution in [0.1, 0.15) is 152 Å². The topological polar surface area (TPSA) is 3.24 Å². The Kier molecular flexibility index (Phi) is 9.11. The maximum atomic E-state index is 10.2. The van der Waals surface area contributed by atoms with E-state index in [1.807, 2.05) is 0 Å². The average molecular weight is 898 g/mol. The predicted molar refractivity (Wildman–Crippen MR) is 290 cm³/mol. The number of hydrogen-bond acceptors (Lipinski definition) is 1. The maximum absolute atomic E-state index is 10.2. The number of hydrogen-bond donors (Lipinski definition) is 0. The van der Waals surface area contributed by atoms with Gasteiger partial charge in [0.2, 0.25) is 0 Å². The molecule has 1 nitrogen and oxygen atoms in total. The summed E-state index contributed by atoms with van der Waals surface area (Å²) in [6.07, 6.45) is 7.62. The molecule has 0 aromatic heterocycles. The highest BCUT2D eigenvalue weighted by Crippen LogP contribution is 2.65. The Morgan fingerprint density at radius 1 is 0.377 bits per heavy atom. The molecule has 0 saturated heterocycles. The van der Waals surface area contributed by atoms with Gasteiger partial charge < -0.3 is 4.90 Å². The summed E-state index contributed by atoms with van der Waals surface area (Å²) in [4.78, 5) is 2.52. The van der Waals surface area contributed by atoms with Gasteiger partial charge in [-0.15, -0.1) is 0 Å². The van der Waals surface area contributed by atoms with Crippen molar-refractivity contribution in [2.24, 2.45) is 10.8 Å². The van der Waals surface area contributed by atoms with Crippen LogP contribution in [0.5, 0.6) is 0 Å². The van der Waals surface area contributed by atoms with Crippen molar-refractivity contribution < 1.29 is 2.74 Å². The van der Waals surface area contributed by atoms with E-state index in [-0.39, 0.29) is 16.2 Å². The molecule has 8 aromatic carbocycles. The smallest absolute Gasteiger partial charge is 0.0726 e. The van der Waals surface area contributed by atoms with Gasteiger partial charge in [-0.2, -0.15) is 0 Å². The average Bonchev–Trinajstić information content (AvgIpc) is 3.94. The summed E-state index contributed by atoms with van der Waals surface area (Å²) < 4.78 is 20.4. The summed E-state index contributed by atoms with van der Waals surface area (Å²) in [7, 11) is 0. The number of rotatable bonds is 6. The van der Waals surface area contributed by atoms with E-state index in [1.165, 1.54) is 77.9 Å². The lowest BCUT2D eigenvalue weighted by atomic mass is 9.67. The molecule has 0 radical (unpaired) electrons. The molecule has 0 aliphatic heterocycles. The van der Waals surface area contributed by atoms with Gasteiger partial charge in [-0.3, -0.25) is 0 Å². The van der Waals surface area contributed by atoms with Gasteiger partial charge in [-0.1, -0.05) is 187 Å². The highest BCUT2D eigenvalue weighted by molar-refractivity contribution is 5.98. The molecule has 0 N–H and O–H groups in total. The van der Waals surface area contributed by atoms with Crippen molar-refractivity contribution in [3.8, 4) is 44.5 Å². The fraction of sp³-hybridized carbons (Fsp3) is 0.294. The Labute approximate surface area is 414 Å². The van der Waals surface area contributed by atoms with Crippen molar-refractivity contribution in [2.45, 2.75) is 116 Å². The zero-order valence-electron chi connectivity index (χ0n) is 43.3. The number of nitrogens with zero attached hydrogens (tertiary/aromatic N) is 1. The summed E-state index contributed by atoms with van der Waals surface area (Å²) in [5, 5.41) is 0. The fourth-order valence-corrected chi connectivity index (χ4v) is 13.6. The molecule has 2 saturated carbocycles. The molecule has 0 atom stereocenters. The third-order valence-corrected chi connectivity index (χ3v) is 17.7. The lowest BCUT2D eigenvalue weighted by Crippen LogP contribution is -2.27. The highest BCUT2D eigenvalue weighted by atomic mass is 15.1. The first-order chi connectivity index (χ1) is 34.1. The highest BCUT2D eigenvalue weighted by Gasteiger charge is 2.52. The summed E-state index contributed by atoms with van der Waals surface area (Å²) in [5.74, 6) is -1.32. The predicted octanol–water partition coefficient (Wildman–Crippen LogP) is 18.8. The van der Waals surface area contributed by atoms with Crippen molar-refractivity contribution in [1.29, 1.82) is 0 Å². The van der Waals surface area contributed by atoms with E-state index < -0.39 is 17.2 Å². The van der Waals surface area contributed by atoms with E-state index in [1.54, 1.807) is 0 Å². The zero-order chi connectivity index (χ0) is 48.7. The van der Waals surface area contributed by atoms with Gasteiger partial charge in [0.05, 0.1) is 11.1 Å². The first kappa shape index (κ1) is 40.4. The lowest BCUT2D eigenvalue weighted by molar-refractivity contribution is 0.224. The van der Waals surface area contributed by atoms with Crippen LogP contribution in [-0.4, -0.2) is 0 Å². The van der Waals surface area contributed by atoms with Gasteiger partial charge in [-0.05, 0) is 188 Å². The molecule has 13 rings (SSSR count). The lowest BCUT2D eigenvalue weighted by Gasteiger charge is -2.36. The fourth-order valence-electron chi connectivity index (χ4n) is 13.6. The second-order valence-corrected chi connectivity index (χ2v) is 23.2. The molecule has 5 aliphatic carbocycles. The van der Waals surface area contributed by atoms with Crippen LogP contribution < -0.4 is 4.90 Å². The number of benzene rings is 8. The largest absolute Gasteiger partial charge is 0.310 e. The Bertz CT molecular complexity index is 3360. The maximum Gasteiger partial charge on any atom is 0.0726 e. The second-order valence-electron chi connectivity index (χ2n) is 23.2. The molecule has 0 unspecified atom stereocenters. The molecule has 1 heteroatoms. The van der Waals surface area contributed by atoms with Crippen LogP contribution in [0.4, 0.5) is 17.1 Å². The minimum atomic E-state index is -0.667. The van der Waals surface area contributed by atoms with Crippen molar-refractivity contribution in [3.05, 3.63) is 220 Å². The first-order valence-corrected chi connectivity index (χ1v) is 25.8. The molecular weight excluding hydrogens is 831 g/mol. The van der Waals surface area contributed by atoms with Gasteiger partial charge in [0.25, 0.3) is 0 Å². The summed E-state index contributed by atoms with van der Waals surface area (Å²) in [6, 6.07) is 66.6. The second kappa shape index (κ2) is 15.5. The molecule has 8 aromatic rings. The van der Waals surface area contributed by atoms with Gasteiger partial charge in [0.1, 0.15) is 0 Å². The molecule has 5 aliphatic rings. The standard InChI is InChI=1S/C68H65N/c1-65(2)36-32-44(33-37-65)47-24-28-55-56-29-25-48(45-34-38-66(3,4)39-35-45)41-62(56)68(61(55)40-47)59-22-14-11-20-53(59)57-31-27-50(43-63(57)68)69(64-23-15-12-18-51(64)46-16-8-7-9-17-46)49-26-30-54-52-19-10-13-21-58(52)67(5,6)60(54)42-49/h7-31,40-45H,32-39H2,1-6H3/i44D,45D. The Morgan fingerprint density at radius 3 is 1.35 bits per heavy atom. The minimum absolute atomic E-state index is 0.171. The van der Waals surface area contributed by atoms with Gasteiger partial charge in [0.15, 0.2) is 0 Å². The van der Waals surface area contributed by atoms with Crippen molar-refractivity contribution in [2.75, 3.05) is 4.90 Å². The van der Waals surface area contributed by atoms with Crippen molar-refractivity contribution >= 4 is 17.1 Å². The molecule has 0 heterocycles. The third-order valence-electron chi connectivity index (χ3n) is 17.7. The molecule has 69 heavy (non-hydrogen) atoms. The Balaban J connectivity index is 1.07. The van der Waals surface area contributed by atoms with Gasteiger partial charge in [-0.25, -0.2) is 0 Å². The van der Waals surface area contributed by atoms with Crippen molar-refractivity contribution in [3.63, 3.8) is 0 Å². The molecule has 0 amide bonds. The van der Waals surface area contributed by atoms with Crippen LogP contribution in [0.15, 0.2) is 176 Å². The normalized spacial score (nSPS) is 20.1. The van der Waals surface area contributed by atoms with E-state index in [4.69, 9.17) is 0 Å². The number of fused-ring (bicyclic) bond motifs is 13. The monoisotopic (exact) mass is 898 g/mol. The van der Waals surface area contributed by atoms with E-state index in [0.717, 1.165) is 79.6 Å². The molecule has 342 valence electrons. The van der Waals surface area contributed by atoms with E-state index in [9.17, 15) is 2.74 Å². The van der Waals surface area contributed by atoms with Crippen LogP contribution in [-0.2, 0) is 10.8 Å². The molecule has 0 bridgehead atoms. The van der Waals surface area contributed by atoms with Crippen LogP contribution in [0.2, 0.25) is 0 Å². The number of anilines is 3. The minimum Gasteiger partial charge on any atom is -0.310 e. The van der Waals surface area contributed by atoms with Gasteiger partial charge in [0, 0.05) is 25.1 Å². The summed E-state index contributed by atoms with van der Waals surface area (Å²) in [5.41, 5.74) is 23.1. The van der Waals surface area contributed by atoms with Crippen LogP contribution in [0.3, 0.4) is 0 Å². The molecule has 1 spiro atoms. The first-order valence-electron chi connectivity index (χ1n) is 26.8. The summed E-state index contributed by atoms with van der Waals surface area (Å²) in [6.45, 7) is 14.2. The van der Waals surface area contributed by atoms with E-state index in [0.29, 0.717) is 0 Å². The van der Waals surface area contributed by atoms with Crippen molar-refractivity contribution in [1.82, 2.24) is 0 Å². The van der Waals surface area contributed by atoms with Crippen LogP contribution >= 0.6 is 0 Å². The van der Waals surface area contributed by atoms with E-state index >= 15 is 0 Å². The van der Waals surface area contributed by atoms with E-state index in [2.05, 4.69) is 222 Å². The Hall–Kier alpha value is -6.44. The number of para-hydroxylation sites is 1. The SMILES string of the molecule is [2H]C1(c2ccc3c(c2)C2(c4ccccc4-c4ccc(N(c5ccc6c(c5)C(C)(C)c5ccccc5-6)c5ccccc5-c5ccccc5)cc42)c2cc(C4([2H])CCC(C)(C)CC4)ccc2-3)CCC(C)(C)CC1. The molecular formula is C68H65N. The van der Waals surface area contributed by atoms with Crippen LogP contribution in [0.25, 0.3) is 44.5 Å². The van der Waals surface area contributed by atoms with Crippen LogP contribution in [0, 0.1) is 10.8 Å². The third kappa shape index (κ3) is 6.55. The summed E-state index contributed by atoms with van der Waals surface area (Å²) >= 11 is 0. The Morgan fingerprint density at radius 2 is 0.783 bits per heavy atom. The quantitative estimate of drug-likeness (QED) is 0.161. The van der Waals surface area contributed by atoms with Gasteiger partial charge >= 0.3 is 0 Å².